The van der Waals surface area contributed by atoms with Crippen LogP contribution in [0, 0.1) is 0 Å². The van der Waals surface area contributed by atoms with Crippen molar-refractivity contribution in [3.8, 4) is 5.75 Å². The number of hydrogen-bond acceptors (Lipinski definition) is 3. The molecule has 114 valence electrons. The molecule has 0 unspecified atom stereocenters. The normalized spacial score (nSPS) is 14.3. The third-order valence-corrected chi connectivity index (χ3v) is 3.05. The van der Waals surface area contributed by atoms with Crippen molar-refractivity contribution in [3.05, 3.63) is 23.8 Å². The molecule has 21 heavy (non-hydrogen) atoms. The van der Waals surface area contributed by atoms with Crippen LogP contribution in [0.25, 0.3) is 0 Å². The fraction of sp³-hybridized carbons (Fsp3) is 0.467. The van der Waals surface area contributed by atoms with E-state index in [0.29, 0.717) is 12.3 Å². The SMILES string of the molecule is CN1C(=O)COc2ccc(CNC(=O)NC(C)(C)C)cc21. The molecule has 1 aliphatic heterocycles. The van der Waals surface area contributed by atoms with Gasteiger partial charge < -0.3 is 20.3 Å². The second-order valence-corrected chi connectivity index (χ2v) is 6.10. The summed E-state index contributed by atoms with van der Waals surface area (Å²) in [5.74, 6) is 0.595. The van der Waals surface area contributed by atoms with Crippen LogP contribution in [0.15, 0.2) is 18.2 Å². The summed E-state index contributed by atoms with van der Waals surface area (Å²) in [6, 6.07) is 5.32. The highest BCUT2D eigenvalue weighted by Gasteiger charge is 2.22. The van der Waals surface area contributed by atoms with Crippen molar-refractivity contribution in [2.24, 2.45) is 0 Å². The lowest BCUT2D eigenvalue weighted by molar-refractivity contribution is -0.120. The third kappa shape index (κ3) is 3.87. The van der Waals surface area contributed by atoms with E-state index >= 15 is 0 Å². The van der Waals surface area contributed by atoms with Crippen molar-refractivity contribution < 1.29 is 14.3 Å². The number of fused-ring (bicyclic) bond motifs is 1. The average Bonchev–Trinajstić information content (AvgIpc) is 2.39. The van der Waals surface area contributed by atoms with E-state index in [0.717, 1.165) is 11.3 Å². The van der Waals surface area contributed by atoms with Gasteiger partial charge in [0.1, 0.15) is 5.75 Å². The minimum absolute atomic E-state index is 0.0646. The van der Waals surface area contributed by atoms with E-state index in [2.05, 4.69) is 10.6 Å². The standard InChI is InChI=1S/C15H21N3O3/c1-15(2,3)17-14(20)16-8-10-5-6-12-11(7-10)18(4)13(19)9-21-12/h5-7H,8-9H2,1-4H3,(H2,16,17,20). The van der Waals surface area contributed by atoms with Gasteiger partial charge in [0.05, 0.1) is 5.69 Å². The highest BCUT2D eigenvalue weighted by Crippen LogP contribution is 2.31. The fourth-order valence-corrected chi connectivity index (χ4v) is 1.99. The number of carbonyl (C=O) groups excluding carboxylic acids is 2. The summed E-state index contributed by atoms with van der Waals surface area (Å²) < 4.78 is 5.36. The molecule has 1 aliphatic rings. The zero-order chi connectivity index (χ0) is 15.6. The Morgan fingerprint density at radius 2 is 2.10 bits per heavy atom. The van der Waals surface area contributed by atoms with Crippen molar-refractivity contribution in [3.63, 3.8) is 0 Å². The molecule has 0 spiro atoms. The monoisotopic (exact) mass is 291 g/mol. The smallest absolute Gasteiger partial charge is 0.315 e. The maximum absolute atomic E-state index is 11.7. The van der Waals surface area contributed by atoms with Crippen LogP contribution in [-0.4, -0.2) is 31.1 Å². The number of ether oxygens (including phenoxy) is 1. The Kier molecular flexibility index (Phi) is 4.06. The molecule has 0 fully saturated rings. The van der Waals surface area contributed by atoms with Gasteiger partial charge in [-0.1, -0.05) is 6.07 Å². The molecular formula is C15H21N3O3. The minimum atomic E-state index is -0.277. The molecule has 1 heterocycles. The number of benzene rings is 1. The maximum atomic E-state index is 11.7. The third-order valence-electron chi connectivity index (χ3n) is 3.05. The lowest BCUT2D eigenvalue weighted by atomic mass is 10.1. The highest BCUT2D eigenvalue weighted by molar-refractivity contribution is 5.97. The van der Waals surface area contributed by atoms with Crippen molar-refractivity contribution in [1.82, 2.24) is 10.6 Å². The van der Waals surface area contributed by atoms with E-state index in [-0.39, 0.29) is 24.1 Å². The predicted octanol–water partition coefficient (Wildman–Crippen LogP) is 1.64. The lowest BCUT2D eigenvalue weighted by Gasteiger charge is -2.26. The summed E-state index contributed by atoms with van der Waals surface area (Å²) in [5, 5.41) is 5.62. The van der Waals surface area contributed by atoms with Crippen molar-refractivity contribution in [1.29, 1.82) is 0 Å². The Morgan fingerprint density at radius 3 is 2.76 bits per heavy atom. The van der Waals surface area contributed by atoms with Crippen molar-refractivity contribution in [2.45, 2.75) is 32.9 Å². The molecule has 3 amide bonds. The molecule has 2 N–H and O–H groups in total. The zero-order valence-electron chi connectivity index (χ0n) is 12.8. The van der Waals surface area contributed by atoms with Crippen LogP contribution in [0.2, 0.25) is 0 Å². The van der Waals surface area contributed by atoms with Gasteiger partial charge in [-0.15, -0.1) is 0 Å². The summed E-state index contributed by atoms with van der Waals surface area (Å²) in [7, 11) is 1.72. The molecule has 6 nitrogen and oxygen atoms in total. The van der Waals surface area contributed by atoms with Gasteiger partial charge in [-0.05, 0) is 38.5 Å². The van der Waals surface area contributed by atoms with Gasteiger partial charge >= 0.3 is 6.03 Å². The minimum Gasteiger partial charge on any atom is -0.482 e. The van der Waals surface area contributed by atoms with Gasteiger partial charge in [-0.2, -0.15) is 0 Å². The van der Waals surface area contributed by atoms with E-state index in [1.54, 1.807) is 11.9 Å². The molecule has 0 saturated heterocycles. The molecule has 1 aromatic rings. The molecule has 0 aliphatic carbocycles. The van der Waals surface area contributed by atoms with E-state index in [9.17, 15) is 9.59 Å². The second-order valence-electron chi connectivity index (χ2n) is 6.10. The maximum Gasteiger partial charge on any atom is 0.315 e. The van der Waals surface area contributed by atoms with Crippen LogP contribution in [0.1, 0.15) is 26.3 Å². The van der Waals surface area contributed by atoms with Crippen molar-refractivity contribution in [2.75, 3.05) is 18.6 Å². The van der Waals surface area contributed by atoms with E-state index in [1.165, 1.54) is 0 Å². The van der Waals surface area contributed by atoms with Gasteiger partial charge in [0.25, 0.3) is 5.91 Å². The molecule has 0 radical (unpaired) electrons. The topological polar surface area (TPSA) is 70.7 Å². The van der Waals surface area contributed by atoms with Gasteiger partial charge in [0.2, 0.25) is 0 Å². The number of amides is 3. The number of anilines is 1. The number of likely N-dealkylation sites (N-methyl/N-ethyl adjacent to an activating group) is 1. The predicted molar refractivity (Wildman–Crippen MR) is 80.5 cm³/mol. The summed E-state index contributed by atoms with van der Waals surface area (Å²) in [4.78, 5) is 24.9. The Labute approximate surface area is 124 Å². The van der Waals surface area contributed by atoms with Crippen molar-refractivity contribution >= 4 is 17.6 Å². The van der Waals surface area contributed by atoms with Gasteiger partial charge in [-0.3, -0.25) is 4.79 Å². The fourth-order valence-electron chi connectivity index (χ4n) is 1.99. The van der Waals surface area contributed by atoms with Gasteiger partial charge in [0.15, 0.2) is 6.61 Å². The van der Waals surface area contributed by atoms with Gasteiger partial charge in [0, 0.05) is 19.1 Å². The quantitative estimate of drug-likeness (QED) is 0.870. The Balaban J connectivity index is 2.02. The second kappa shape index (κ2) is 5.63. The van der Waals surface area contributed by atoms with Crippen LogP contribution >= 0.6 is 0 Å². The molecule has 0 bridgehead atoms. The lowest BCUT2D eigenvalue weighted by Crippen LogP contribution is -2.46. The van der Waals surface area contributed by atoms with E-state index < -0.39 is 0 Å². The zero-order valence-corrected chi connectivity index (χ0v) is 12.8. The summed E-state index contributed by atoms with van der Waals surface area (Å²) in [6.07, 6.45) is 0. The number of rotatable bonds is 2. The molecular weight excluding hydrogens is 270 g/mol. The van der Waals surface area contributed by atoms with Crippen LogP contribution in [0.3, 0.4) is 0 Å². The molecule has 1 aromatic carbocycles. The van der Waals surface area contributed by atoms with E-state index in [1.807, 2.05) is 39.0 Å². The Bertz CT molecular complexity index is 564. The molecule has 6 heteroatoms. The average molecular weight is 291 g/mol. The van der Waals surface area contributed by atoms with Gasteiger partial charge in [-0.25, -0.2) is 4.79 Å². The molecule has 0 aromatic heterocycles. The molecule has 0 saturated carbocycles. The Hall–Kier alpha value is -2.24. The number of nitrogens with zero attached hydrogens (tertiary/aromatic N) is 1. The van der Waals surface area contributed by atoms with Crippen LogP contribution < -0.4 is 20.3 Å². The summed E-state index contributed by atoms with van der Waals surface area (Å²) in [6.45, 7) is 6.21. The number of nitrogens with one attached hydrogen (secondary N) is 2. The van der Waals surface area contributed by atoms with Crippen LogP contribution in [0.5, 0.6) is 5.75 Å². The number of carbonyl (C=O) groups is 2. The van der Waals surface area contributed by atoms with Crippen LogP contribution in [0.4, 0.5) is 10.5 Å². The first-order valence-corrected chi connectivity index (χ1v) is 6.84. The highest BCUT2D eigenvalue weighted by atomic mass is 16.5. The first kappa shape index (κ1) is 15.2. The first-order valence-electron chi connectivity index (χ1n) is 6.84. The molecule has 0 atom stereocenters. The first-order chi connectivity index (χ1) is 9.76. The Morgan fingerprint density at radius 1 is 1.38 bits per heavy atom. The number of urea groups is 1. The largest absolute Gasteiger partial charge is 0.482 e. The number of hydrogen-bond donors (Lipinski definition) is 2. The molecule has 2 rings (SSSR count). The van der Waals surface area contributed by atoms with E-state index in [4.69, 9.17) is 4.74 Å². The van der Waals surface area contributed by atoms with Crippen LogP contribution in [-0.2, 0) is 11.3 Å². The summed E-state index contributed by atoms with van der Waals surface area (Å²) >= 11 is 0. The summed E-state index contributed by atoms with van der Waals surface area (Å²) in [5.41, 5.74) is 1.35.